The summed E-state index contributed by atoms with van der Waals surface area (Å²) in [7, 11) is 0. The minimum atomic E-state index is -0.657. The van der Waals surface area contributed by atoms with Crippen molar-refractivity contribution in [3.63, 3.8) is 0 Å². The van der Waals surface area contributed by atoms with Crippen molar-refractivity contribution < 1.29 is 14.6 Å². The second kappa shape index (κ2) is 5.30. The van der Waals surface area contributed by atoms with Gasteiger partial charge < -0.3 is 14.6 Å². The monoisotopic (exact) mass is 290 g/mol. The van der Waals surface area contributed by atoms with Crippen molar-refractivity contribution in [1.29, 1.82) is 0 Å². The quantitative estimate of drug-likeness (QED) is 0.942. The minimum absolute atomic E-state index is 0.598. The highest BCUT2D eigenvalue weighted by Gasteiger charge is 2.35. The molecule has 106 valence electrons. The highest BCUT2D eigenvalue weighted by atomic mass is 32.1. The van der Waals surface area contributed by atoms with Gasteiger partial charge in [-0.2, -0.15) is 0 Å². The van der Waals surface area contributed by atoms with E-state index >= 15 is 0 Å². The fourth-order valence-electron chi connectivity index (χ4n) is 2.31. The normalized spacial score (nSPS) is 19.1. The highest BCUT2D eigenvalue weighted by Crippen LogP contribution is 2.38. The summed E-state index contributed by atoms with van der Waals surface area (Å²) in [6.45, 7) is 5.19. The maximum absolute atomic E-state index is 10.5. The number of hydrogen-bond acceptors (Lipinski definition) is 4. The standard InChI is InChI=1S/C16H18O3S/c1-11-3-5-12(6-4-11)15(17)13-7-8-14(20-13)16(2)18-9-10-19-16/h3-8,15,17H,9-10H2,1-2H3. The van der Waals surface area contributed by atoms with Crippen LogP contribution in [0.5, 0.6) is 0 Å². The molecular weight excluding hydrogens is 272 g/mol. The average Bonchev–Trinajstić information content (AvgIpc) is 3.08. The van der Waals surface area contributed by atoms with Crippen molar-refractivity contribution in [2.45, 2.75) is 25.7 Å². The van der Waals surface area contributed by atoms with Gasteiger partial charge in [-0.1, -0.05) is 29.8 Å². The van der Waals surface area contributed by atoms with Crippen LogP contribution in [0.15, 0.2) is 36.4 Å². The van der Waals surface area contributed by atoms with Gasteiger partial charge in [0.25, 0.3) is 0 Å². The van der Waals surface area contributed by atoms with Gasteiger partial charge in [0.05, 0.1) is 18.1 Å². The predicted octanol–water partition coefficient (Wildman–Crippen LogP) is 3.36. The van der Waals surface area contributed by atoms with E-state index in [4.69, 9.17) is 9.47 Å². The SMILES string of the molecule is Cc1ccc(C(O)c2ccc(C3(C)OCCO3)s2)cc1. The summed E-state index contributed by atoms with van der Waals surface area (Å²) in [5.74, 6) is -0.657. The lowest BCUT2D eigenvalue weighted by Gasteiger charge is -2.20. The second-order valence-corrected chi connectivity index (χ2v) is 6.27. The van der Waals surface area contributed by atoms with Crippen molar-refractivity contribution in [3.05, 3.63) is 57.3 Å². The first kappa shape index (κ1) is 13.8. The van der Waals surface area contributed by atoms with Crippen molar-refractivity contribution in [1.82, 2.24) is 0 Å². The zero-order valence-electron chi connectivity index (χ0n) is 11.6. The molecule has 1 aromatic heterocycles. The van der Waals surface area contributed by atoms with E-state index in [1.165, 1.54) is 16.9 Å². The van der Waals surface area contributed by atoms with Crippen LogP contribution in [-0.4, -0.2) is 18.3 Å². The van der Waals surface area contributed by atoms with Crippen molar-refractivity contribution in [3.8, 4) is 0 Å². The predicted molar refractivity (Wildman–Crippen MR) is 78.8 cm³/mol. The molecule has 20 heavy (non-hydrogen) atoms. The summed E-state index contributed by atoms with van der Waals surface area (Å²) in [6, 6.07) is 11.9. The summed E-state index contributed by atoms with van der Waals surface area (Å²) in [5, 5.41) is 10.5. The molecule has 0 radical (unpaired) electrons. The van der Waals surface area contributed by atoms with Crippen molar-refractivity contribution in [2.24, 2.45) is 0 Å². The minimum Gasteiger partial charge on any atom is -0.383 e. The molecule has 0 amide bonds. The number of thiophene rings is 1. The molecule has 1 aromatic carbocycles. The van der Waals surface area contributed by atoms with Crippen LogP contribution in [0, 0.1) is 6.92 Å². The van der Waals surface area contributed by atoms with Gasteiger partial charge in [-0.25, -0.2) is 0 Å². The van der Waals surface area contributed by atoms with Crippen LogP contribution >= 0.6 is 11.3 Å². The number of hydrogen-bond donors (Lipinski definition) is 1. The molecule has 0 saturated carbocycles. The topological polar surface area (TPSA) is 38.7 Å². The van der Waals surface area contributed by atoms with E-state index < -0.39 is 11.9 Å². The number of benzene rings is 1. The fraction of sp³-hybridized carbons (Fsp3) is 0.375. The van der Waals surface area contributed by atoms with Gasteiger partial charge in [0.15, 0.2) is 0 Å². The molecule has 1 atom stereocenters. The first-order chi connectivity index (χ1) is 9.58. The van der Waals surface area contributed by atoms with Gasteiger partial charge in [-0.3, -0.25) is 0 Å². The van der Waals surface area contributed by atoms with Gasteiger partial charge >= 0.3 is 0 Å². The summed E-state index contributed by atoms with van der Waals surface area (Å²) in [5.41, 5.74) is 2.09. The van der Waals surface area contributed by atoms with E-state index in [9.17, 15) is 5.11 Å². The molecular formula is C16H18O3S. The lowest BCUT2D eigenvalue weighted by molar-refractivity contribution is -0.146. The summed E-state index contributed by atoms with van der Waals surface area (Å²) < 4.78 is 11.3. The van der Waals surface area contributed by atoms with E-state index in [0.717, 1.165) is 15.3 Å². The van der Waals surface area contributed by atoms with Crippen LogP contribution in [0.2, 0.25) is 0 Å². The third-order valence-corrected chi connectivity index (χ3v) is 4.90. The average molecular weight is 290 g/mol. The lowest BCUT2D eigenvalue weighted by atomic mass is 10.1. The van der Waals surface area contributed by atoms with Gasteiger partial charge in [0, 0.05) is 4.88 Å². The molecule has 1 aliphatic rings. The number of aliphatic hydroxyl groups excluding tert-OH is 1. The molecule has 3 rings (SSSR count). The van der Waals surface area contributed by atoms with E-state index in [2.05, 4.69) is 0 Å². The zero-order chi connectivity index (χ0) is 14.2. The number of rotatable bonds is 3. The van der Waals surface area contributed by atoms with Crippen LogP contribution in [-0.2, 0) is 15.3 Å². The molecule has 1 aliphatic heterocycles. The Balaban J connectivity index is 1.84. The third kappa shape index (κ3) is 2.52. The van der Waals surface area contributed by atoms with Gasteiger partial charge in [0.1, 0.15) is 6.10 Å². The van der Waals surface area contributed by atoms with E-state index in [-0.39, 0.29) is 0 Å². The summed E-state index contributed by atoms with van der Waals surface area (Å²) in [6.07, 6.45) is -0.598. The molecule has 3 nitrogen and oxygen atoms in total. The lowest BCUT2D eigenvalue weighted by Crippen LogP contribution is -2.20. The van der Waals surface area contributed by atoms with Crippen LogP contribution in [0.1, 0.15) is 33.9 Å². The Hall–Kier alpha value is -1.20. The van der Waals surface area contributed by atoms with Gasteiger partial charge in [0.2, 0.25) is 5.79 Å². The molecule has 4 heteroatoms. The summed E-state index contributed by atoms with van der Waals surface area (Å²) in [4.78, 5) is 1.90. The Labute approximate surface area is 122 Å². The van der Waals surface area contributed by atoms with Crippen LogP contribution in [0.4, 0.5) is 0 Å². The van der Waals surface area contributed by atoms with E-state index in [0.29, 0.717) is 13.2 Å². The van der Waals surface area contributed by atoms with E-state index in [1.54, 1.807) is 0 Å². The Morgan fingerprint density at radius 2 is 1.75 bits per heavy atom. The first-order valence-electron chi connectivity index (χ1n) is 6.71. The third-order valence-electron chi connectivity index (χ3n) is 3.58. The maximum atomic E-state index is 10.5. The van der Waals surface area contributed by atoms with E-state index in [1.807, 2.05) is 50.2 Å². The van der Waals surface area contributed by atoms with Crippen molar-refractivity contribution in [2.75, 3.05) is 13.2 Å². The largest absolute Gasteiger partial charge is 0.383 e. The Kier molecular flexibility index (Phi) is 3.65. The molecule has 1 unspecified atom stereocenters. The number of aryl methyl sites for hydroxylation is 1. The van der Waals surface area contributed by atoms with Crippen molar-refractivity contribution >= 4 is 11.3 Å². The molecule has 2 aromatic rings. The maximum Gasteiger partial charge on any atom is 0.201 e. The summed E-state index contributed by atoms with van der Waals surface area (Å²) >= 11 is 1.54. The molecule has 1 saturated heterocycles. The smallest absolute Gasteiger partial charge is 0.201 e. The molecule has 1 fully saturated rings. The number of ether oxygens (including phenoxy) is 2. The van der Waals surface area contributed by atoms with Gasteiger partial charge in [-0.05, 0) is 31.5 Å². The van der Waals surface area contributed by atoms with Crippen LogP contribution in [0.3, 0.4) is 0 Å². The molecule has 0 aliphatic carbocycles. The Morgan fingerprint density at radius 3 is 2.40 bits per heavy atom. The first-order valence-corrected chi connectivity index (χ1v) is 7.53. The molecule has 2 heterocycles. The Bertz CT molecular complexity index is 582. The molecule has 0 spiro atoms. The van der Waals surface area contributed by atoms with Crippen LogP contribution < -0.4 is 0 Å². The number of aliphatic hydroxyl groups is 1. The fourth-order valence-corrected chi connectivity index (χ4v) is 3.39. The second-order valence-electron chi connectivity index (χ2n) is 5.16. The molecule has 1 N–H and O–H groups in total. The molecule has 0 bridgehead atoms. The van der Waals surface area contributed by atoms with Gasteiger partial charge in [-0.15, -0.1) is 11.3 Å². The zero-order valence-corrected chi connectivity index (χ0v) is 12.4. The van der Waals surface area contributed by atoms with Crippen LogP contribution in [0.25, 0.3) is 0 Å². The highest BCUT2D eigenvalue weighted by molar-refractivity contribution is 7.12. The Morgan fingerprint density at radius 1 is 1.10 bits per heavy atom.